The van der Waals surface area contributed by atoms with E-state index >= 15 is 0 Å². The van der Waals surface area contributed by atoms with Gasteiger partial charge in [-0.3, -0.25) is 9.48 Å². The van der Waals surface area contributed by atoms with Crippen molar-refractivity contribution < 1.29 is 4.79 Å². The molecule has 1 heterocycles. The van der Waals surface area contributed by atoms with Gasteiger partial charge in [-0.05, 0) is 13.8 Å². The number of rotatable bonds is 5. The highest BCUT2D eigenvalue weighted by Gasteiger charge is 2.02. The number of carbonyl (C=O) groups excluding carboxylic acids is 1. The first-order valence-corrected chi connectivity index (χ1v) is 5.10. The molecule has 1 aromatic heterocycles. The van der Waals surface area contributed by atoms with Crippen molar-refractivity contribution in [2.24, 2.45) is 7.05 Å². The first-order chi connectivity index (χ1) is 7.08. The predicted molar refractivity (Wildman–Crippen MR) is 59.6 cm³/mol. The van der Waals surface area contributed by atoms with Crippen molar-refractivity contribution in [3.63, 3.8) is 0 Å². The second-order valence-corrected chi connectivity index (χ2v) is 3.80. The van der Waals surface area contributed by atoms with Gasteiger partial charge in [0.15, 0.2) is 0 Å². The molecule has 0 fully saturated rings. The lowest BCUT2D eigenvalue weighted by atomic mass is 10.3. The van der Waals surface area contributed by atoms with Gasteiger partial charge in [0, 0.05) is 32.3 Å². The first kappa shape index (κ1) is 11.6. The third-order valence-electron chi connectivity index (χ3n) is 1.84. The molecule has 84 valence electrons. The van der Waals surface area contributed by atoms with Crippen molar-refractivity contribution >= 4 is 11.6 Å². The van der Waals surface area contributed by atoms with Crippen LogP contribution >= 0.6 is 0 Å². The Hall–Kier alpha value is -1.52. The van der Waals surface area contributed by atoms with E-state index in [-0.39, 0.29) is 11.9 Å². The number of anilines is 1. The van der Waals surface area contributed by atoms with Crippen LogP contribution in [0.3, 0.4) is 0 Å². The van der Waals surface area contributed by atoms with Crippen molar-refractivity contribution in [1.29, 1.82) is 0 Å². The number of amides is 1. The number of hydrogen-bond donors (Lipinski definition) is 2. The van der Waals surface area contributed by atoms with E-state index < -0.39 is 0 Å². The minimum absolute atomic E-state index is 0.0707. The van der Waals surface area contributed by atoms with E-state index in [9.17, 15) is 4.79 Å². The van der Waals surface area contributed by atoms with Crippen molar-refractivity contribution in [3.8, 4) is 0 Å². The molecule has 0 aliphatic heterocycles. The number of aryl methyl sites for hydroxylation is 1. The standard InChI is InChI=1S/C10H18N4O/c1-8(2)13-10(15)4-5-11-9-6-12-14(3)7-9/h6-8,11H,4-5H2,1-3H3,(H,13,15). The number of hydrogen-bond acceptors (Lipinski definition) is 3. The third kappa shape index (κ3) is 4.49. The molecule has 5 heteroatoms. The van der Waals surface area contributed by atoms with E-state index in [2.05, 4.69) is 15.7 Å². The van der Waals surface area contributed by atoms with Gasteiger partial charge in [0.05, 0.1) is 11.9 Å². The van der Waals surface area contributed by atoms with Gasteiger partial charge in [0.1, 0.15) is 0 Å². The van der Waals surface area contributed by atoms with Crippen molar-refractivity contribution in [3.05, 3.63) is 12.4 Å². The monoisotopic (exact) mass is 210 g/mol. The van der Waals surface area contributed by atoms with Gasteiger partial charge < -0.3 is 10.6 Å². The summed E-state index contributed by atoms with van der Waals surface area (Å²) in [4.78, 5) is 11.3. The van der Waals surface area contributed by atoms with Crippen LogP contribution in [0.2, 0.25) is 0 Å². The van der Waals surface area contributed by atoms with Crippen LogP contribution in [0.1, 0.15) is 20.3 Å². The van der Waals surface area contributed by atoms with E-state index in [1.165, 1.54) is 0 Å². The molecule has 5 nitrogen and oxygen atoms in total. The van der Waals surface area contributed by atoms with E-state index in [1.54, 1.807) is 10.9 Å². The molecule has 1 rings (SSSR count). The van der Waals surface area contributed by atoms with Gasteiger partial charge in [-0.15, -0.1) is 0 Å². The fourth-order valence-corrected chi connectivity index (χ4v) is 1.23. The Morgan fingerprint density at radius 1 is 1.60 bits per heavy atom. The molecular formula is C10H18N4O. The van der Waals surface area contributed by atoms with Crippen LogP contribution in [0, 0.1) is 0 Å². The van der Waals surface area contributed by atoms with E-state index in [4.69, 9.17) is 0 Å². The lowest BCUT2D eigenvalue weighted by molar-refractivity contribution is -0.121. The summed E-state index contributed by atoms with van der Waals surface area (Å²) in [5, 5.41) is 9.98. The molecule has 0 saturated heterocycles. The summed E-state index contributed by atoms with van der Waals surface area (Å²) in [6.45, 7) is 4.53. The molecule has 15 heavy (non-hydrogen) atoms. The van der Waals surface area contributed by atoms with E-state index in [1.807, 2.05) is 27.1 Å². The molecule has 0 unspecified atom stereocenters. The van der Waals surface area contributed by atoms with Crippen LogP contribution in [0.4, 0.5) is 5.69 Å². The molecule has 1 aromatic rings. The Kier molecular flexibility index (Phi) is 4.15. The molecule has 1 amide bonds. The zero-order valence-electron chi connectivity index (χ0n) is 9.45. The summed E-state index contributed by atoms with van der Waals surface area (Å²) in [6, 6.07) is 0.205. The summed E-state index contributed by atoms with van der Waals surface area (Å²) >= 11 is 0. The Labute approximate surface area is 89.9 Å². The summed E-state index contributed by atoms with van der Waals surface area (Å²) in [5.74, 6) is 0.0707. The van der Waals surface area contributed by atoms with Gasteiger partial charge in [-0.25, -0.2) is 0 Å². The van der Waals surface area contributed by atoms with Crippen molar-refractivity contribution in [2.75, 3.05) is 11.9 Å². The van der Waals surface area contributed by atoms with Crippen LogP contribution in [-0.4, -0.2) is 28.3 Å². The minimum atomic E-state index is 0.0707. The second-order valence-electron chi connectivity index (χ2n) is 3.80. The van der Waals surface area contributed by atoms with Gasteiger partial charge in [0.2, 0.25) is 5.91 Å². The highest BCUT2D eigenvalue weighted by Crippen LogP contribution is 2.02. The molecule has 0 aliphatic carbocycles. The Morgan fingerprint density at radius 2 is 2.33 bits per heavy atom. The fourth-order valence-electron chi connectivity index (χ4n) is 1.23. The van der Waals surface area contributed by atoms with Crippen molar-refractivity contribution in [2.45, 2.75) is 26.3 Å². The van der Waals surface area contributed by atoms with Crippen molar-refractivity contribution in [1.82, 2.24) is 15.1 Å². The summed E-state index contributed by atoms with van der Waals surface area (Å²) < 4.78 is 1.72. The number of carbonyl (C=O) groups is 1. The van der Waals surface area contributed by atoms with Gasteiger partial charge >= 0.3 is 0 Å². The molecule has 0 atom stereocenters. The molecule has 0 radical (unpaired) electrons. The van der Waals surface area contributed by atoms with Gasteiger partial charge in [0.25, 0.3) is 0 Å². The zero-order chi connectivity index (χ0) is 11.3. The maximum atomic E-state index is 11.3. The average Bonchev–Trinajstić information content (AvgIpc) is 2.50. The normalized spacial score (nSPS) is 10.4. The largest absolute Gasteiger partial charge is 0.382 e. The topological polar surface area (TPSA) is 59.0 Å². The molecule has 0 aliphatic rings. The molecule has 2 N–H and O–H groups in total. The number of aromatic nitrogens is 2. The van der Waals surface area contributed by atoms with Crippen LogP contribution in [0.5, 0.6) is 0 Å². The molecule has 0 aromatic carbocycles. The molecule has 0 saturated carbocycles. The Morgan fingerprint density at radius 3 is 2.87 bits per heavy atom. The predicted octanol–water partition coefficient (Wildman–Crippen LogP) is 0.747. The van der Waals surface area contributed by atoms with E-state index in [0.717, 1.165) is 5.69 Å². The summed E-state index contributed by atoms with van der Waals surface area (Å²) in [6.07, 6.45) is 4.09. The summed E-state index contributed by atoms with van der Waals surface area (Å²) in [5.41, 5.74) is 0.940. The molecular weight excluding hydrogens is 192 g/mol. The first-order valence-electron chi connectivity index (χ1n) is 5.10. The zero-order valence-corrected chi connectivity index (χ0v) is 9.45. The lowest BCUT2D eigenvalue weighted by Gasteiger charge is -2.08. The second kappa shape index (κ2) is 5.38. The Balaban J connectivity index is 2.19. The fraction of sp³-hybridized carbons (Fsp3) is 0.600. The van der Waals surface area contributed by atoms with Crippen LogP contribution < -0.4 is 10.6 Å². The summed E-state index contributed by atoms with van der Waals surface area (Å²) in [7, 11) is 1.86. The maximum Gasteiger partial charge on any atom is 0.221 e. The number of nitrogens with one attached hydrogen (secondary N) is 2. The highest BCUT2D eigenvalue weighted by molar-refractivity contribution is 5.76. The van der Waals surface area contributed by atoms with Gasteiger partial charge in [-0.2, -0.15) is 5.10 Å². The quantitative estimate of drug-likeness (QED) is 0.754. The highest BCUT2D eigenvalue weighted by atomic mass is 16.1. The minimum Gasteiger partial charge on any atom is -0.382 e. The number of nitrogens with zero attached hydrogens (tertiary/aromatic N) is 2. The lowest BCUT2D eigenvalue weighted by Crippen LogP contribution is -2.31. The maximum absolute atomic E-state index is 11.3. The molecule has 0 spiro atoms. The van der Waals surface area contributed by atoms with Crippen LogP contribution in [0.15, 0.2) is 12.4 Å². The molecule has 0 bridgehead atoms. The van der Waals surface area contributed by atoms with Gasteiger partial charge in [-0.1, -0.05) is 0 Å². The smallest absolute Gasteiger partial charge is 0.221 e. The average molecular weight is 210 g/mol. The SMILES string of the molecule is CC(C)NC(=O)CCNc1cnn(C)c1. The van der Waals surface area contributed by atoms with Crippen LogP contribution in [-0.2, 0) is 11.8 Å². The Bertz CT molecular complexity index is 319. The van der Waals surface area contributed by atoms with Crippen LogP contribution in [0.25, 0.3) is 0 Å². The van der Waals surface area contributed by atoms with E-state index in [0.29, 0.717) is 13.0 Å². The third-order valence-corrected chi connectivity index (χ3v) is 1.84.